The molecule has 0 radical (unpaired) electrons. The van der Waals surface area contributed by atoms with Crippen molar-refractivity contribution >= 4 is 5.78 Å². The highest BCUT2D eigenvalue weighted by Crippen LogP contribution is 2.11. The topological polar surface area (TPSA) is 29.1 Å². The van der Waals surface area contributed by atoms with Gasteiger partial charge in [-0.2, -0.15) is 0 Å². The maximum atomic E-state index is 11.1. The number of hydrogen-bond donors (Lipinski definition) is 1. The number of nitrogens with one attached hydrogen (secondary N) is 1. The van der Waals surface area contributed by atoms with Gasteiger partial charge in [-0.25, -0.2) is 0 Å². The van der Waals surface area contributed by atoms with Gasteiger partial charge in [0.15, 0.2) is 0 Å². The number of hydrogen-bond acceptors (Lipinski definition) is 2. The van der Waals surface area contributed by atoms with Gasteiger partial charge in [-0.1, -0.05) is 6.92 Å². The molecule has 2 heteroatoms. The van der Waals surface area contributed by atoms with Gasteiger partial charge in [0.2, 0.25) is 0 Å². The zero-order valence-electron chi connectivity index (χ0n) is 6.52. The summed E-state index contributed by atoms with van der Waals surface area (Å²) < 4.78 is 0. The Labute approximate surface area is 62.0 Å². The molecule has 0 spiro atoms. The van der Waals surface area contributed by atoms with Gasteiger partial charge in [-0.15, -0.1) is 0 Å². The first-order valence-electron chi connectivity index (χ1n) is 4.08. The summed E-state index contributed by atoms with van der Waals surface area (Å²) in [7, 11) is 0. The maximum Gasteiger partial charge on any atom is 0.136 e. The summed E-state index contributed by atoms with van der Waals surface area (Å²) in [6.45, 7) is 3.94. The second-order valence-electron chi connectivity index (χ2n) is 2.86. The predicted octanol–water partition coefficient (Wildman–Crippen LogP) is 0.965. The molecule has 1 heterocycles. The Morgan fingerprint density at radius 2 is 2.50 bits per heavy atom. The van der Waals surface area contributed by atoms with E-state index in [0.29, 0.717) is 18.1 Å². The molecule has 0 aromatic heterocycles. The molecule has 1 aliphatic heterocycles. The number of Topliss-reactive ketones (excluding diaryl/α,β-unsaturated/α-hetero) is 1. The van der Waals surface area contributed by atoms with Gasteiger partial charge in [0.05, 0.1) is 0 Å². The van der Waals surface area contributed by atoms with Crippen molar-refractivity contribution in [3.63, 3.8) is 0 Å². The lowest BCUT2D eigenvalue weighted by Crippen LogP contribution is -2.34. The number of carbonyl (C=O) groups excluding carboxylic acids is 1. The minimum Gasteiger partial charge on any atom is -0.316 e. The molecule has 0 aromatic rings. The average molecular weight is 141 g/mol. The van der Waals surface area contributed by atoms with Crippen molar-refractivity contribution in [2.24, 2.45) is 5.92 Å². The molecule has 0 unspecified atom stereocenters. The van der Waals surface area contributed by atoms with Crippen LogP contribution in [-0.2, 0) is 4.79 Å². The fourth-order valence-electron chi connectivity index (χ4n) is 1.42. The lowest BCUT2D eigenvalue weighted by molar-refractivity contribution is -0.123. The highest BCUT2D eigenvalue weighted by Gasteiger charge is 2.18. The van der Waals surface area contributed by atoms with Gasteiger partial charge in [0.25, 0.3) is 0 Å². The van der Waals surface area contributed by atoms with E-state index in [9.17, 15) is 4.79 Å². The van der Waals surface area contributed by atoms with Crippen LogP contribution in [0.2, 0.25) is 0 Å². The predicted molar refractivity (Wildman–Crippen MR) is 40.9 cm³/mol. The lowest BCUT2D eigenvalue weighted by atomic mass is 9.94. The van der Waals surface area contributed by atoms with Gasteiger partial charge < -0.3 is 5.32 Å². The molecule has 58 valence electrons. The summed E-state index contributed by atoms with van der Waals surface area (Å²) in [6, 6.07) is 0. The standard InChI is InChI=1S/C8H15NO/c1-2-8(10)7-4-3-5-9-6-7/h7,9H,2-6H2,1H3/t7-/m1/s1. The summed E-state index contributed by atoms with van der Waals surface area (Å²) in [5.74, 6) is 0.742. The summed E-state index contributed by atoms with van der Waals surface area (Å²) >= 11 is 0. The van der Waals surface area contributed by atoms with E-state index in [4.69, 9.17) is 0 Å². The van der Waals surface area contributed by atoms with Gasteiger partial charge in [0, 0.05) is 18.9 Å². The van der Waals surface area contributed by atoms with Crippen LogP contribution in [0.15, 0.2) is 0 Å². The largest absolute Gasteiger partial charge is 0.316 e. The Morgan fingerprint density at radius 3 is 3.00 bits per heavy atom. The molecule has 1 atom stereocenters. The third-order valence-electron chi connectivity index (χ3n) is 2.10. The first kappa shape index (κ1) is 7.73. The molecule has 10 heavy (non-hydrogen) atoms. The van der Waals surface area contributed by atoms with Crippen molar-refractivity contribution in [1.82, 2.24) is 5.32 Å². The first-order valence-corrected chi connectivity index (χ1v) is 4.08. The molecule has 0 saturated carbocycles. The van der Waals surface area contributed by atoms with Gasteiger partial charge in [0.1, 0.15) is 5.78 Å². The van der Waals surface area contributed by atoms with Crippen molar-refractivity contribution in [2.45, 2.75) is 26.2 Å². The second-order valence-corrected chi connectivity index (χ2v) is 2.86. The van der Waals surface area contributed by atoms with Crippen LogP contribution in [0.25, 0.3) is 0 Å². The second kappa shape index (κ2) is 3.71. The monoisotopic (exact) mass is 141 g/mol. The smallest absolute Gasteiger partial charge is 0.136 e. The molecule has 1 aliphatic rings. The average Bonchev–Trinajstić information content (AvgIpc) is 2.05. The van der Waals surface area contributed by atoms with E-state index in [1.54, 1.807) is 0 Å². The number of carbonyl (C=O) groups is 1. The molecular formula is C8H15NO. The third kappa shape index (κ3) is 1.81. The highest BCUT2D eigenvalue weighted by molar-refractivity contribution is 5.80. The lowest BCUT2D eigenvalue weighted by Gasteiger charge is -2.20. The summed E-state index contributed by atoms with van der Waals surface area (Å²) in [5.41, 5.74) is 0. The Balaban J connectivity index is 2.31. The van der Waals surface area contributed by atoms with Crippen LogP contribution >= 0.6 is 0 Å². The van der Waals surface area contributed by atoms with Gasteiger partial charge in [-0.05, 0) is 19.4 Å². The SMILES string of the molecule is CCC(=O)[C@@H]1CCCNC1. The third-order valence-corrected chi connectivity index (χ3v) is 2.10. The fourth-order valence-corrected chi connectivity index (χ4v) is 1.42. The highest BCUT2D eigenvalue weighted by atomic mass is 16.1. The van der Waals surface area contributed by atoms with Crippen molar-refractivity contribution < 1.29 is 4.79 Å². The molecular weight excluding hydrogens is 126 g/mol. The van der Waals surface area contributed by atoms with Crippen LogP contribution in [0.1, 0.15) is 26.2 Å². The van der Waals surface area contributed by atoms with Gasteiger partial charge in [-0.3, -0.25) is 4.79 Å². The molecule has 0 aromatic carbocycles. The quantitative estimate of drug-likeness (QED) is 0.620. The summed E-state index contributed by atoms with van der Waals surface area (Å²) in [4.78, 5) is 11.1. The Hall–Kier alpha value is -0.370. The summed E-state index contributed by atoms with van der Waals surface area (Å²) in [6.07, 6.45) is 2.96. The van der Waals surface area contributed by atoms with E-state index in [1.165, 1.54) is 0 Å². The molecule has 1 fully saturated rings. The van der Waals surface area contributed by atoms with E-state index < -0.39 is 0 Å². The number of piperidine rings is 1. The van der Waals surface area contributed by atoms with Crippen molar-refractivity contribution in [3.05, 3.63) is 0 Å². The Kier molecular flexibility index (Phi) is 2.87. The van der Waals surface area contributed by atoms with Crippen LogP contribution in [0.5, 0.6) is 0 Å². The van der Waals surface area contributed by atoms with Crippen LogP contribution in [-0.4, -0.2) is 18.9 Å². The molecule has 1 N–H and O–H groups in total. The first-order chi connectivity index (χ1) is 4.84. The Bertz CT molecular complexity index is 116. The van der Waals surface area contributed by atoms with Crippen LogP contribution in [0.3, 0.4) is 0 Å². The molecule has 1 saturated heterocycles. The number of rotatable bonds is 2. The van der Waals surface area contributed by atoms with Crippen LogP contribution < -0.4 is 5.32 Å². The minimum absolute atomic E-state index is 0.318. The number of ketones is 1. The maximum absolute atomic E-state index is 11.1. The molecule has 0 bridgehead atoms. The van der Waals surface area contributed by atoms with E-state index >= 15 is 0 Å². The minimum atomic E-state index is 0.318. The normalized spacial score (nSPS) is 26.3. The van der Waals surface area contributed by atoms with E-state index in [2.05, 4.69) is 5.32 Å². The van der Waals surface area contributed by atoms with Gasteiger partial charge >= 0.3 is 0 Å². The molecule has 0 aliphatic carbocycles. The van der Waals surface area contributed by atoms with Crippen molar-refractivity contribution in [2.75, 3.05) is 13.1 Å². The zero-order chi connectivity index (χ0) is 7.40. The molecule has 1 rings (SSSR count). The fraction of sp³-hybridized carbons (Fsp3) is 0.875. The zero-order valence-corrected chi connectivity index (χ0v) is 6.52. The Morgan fingerprint density at radius 1 is 1.70 bits per heavy atom. The summed E-state index contributed by atoms with van der Waals surface area (Å²) in [5, 5.41) is 3.23. The van der Waals surface area contributed by atoms with Crippen molar-refractivity contribution in [3.8, 4) is 0 Å². The van der Waals surface area contributed by atoms with E-state index in [-0.39, 0.29) is 0 Å². The van der Waals surface area contributed by atoms with E-state index in [1.807, 2.05) is 6.92 Å². The van der Waals surface area contributed by atoms with Crippen molar-refractivity contribution in [1.29, 1.82) is 0 Å². The van der Waals surface area contributed by atoms with Crippen LogP contribution in [0.4, 0.5) is 0 Å². The molecule has 0 amide bonds. The van der Waals surface area contributed by atoms with E-state index in [0.717, 1.165) is 25.9 Å². The molecule has 2 nitrogen and oxygen atoms in total. The van der Waals surface area contributed by atoms with Crippen LogP contribution in [0, 0.1) is 5.92 Å².